The van der Waals surface area contributed by atoms with E-state index in [-0.39, 0.29) is 17.3 Å². The van der Waals surface area contributed by atoms with Crippen molar-refractivity contribution in [2.24, 2.45) is 0 Å². The summed E-state index contributed by atoms with van der Waals surface area (Å²) in [5.74, 6) is -0.261. The van der Waals surface area contributed by atoms with E-state index in [0.717, 1.165) is 8.78 Å². The highest BCUT2D eigenvalue weighted by molar-refractivity contribution is 9.10. The quantitative estimate of drug-likeness (QED) is 0.844. The van der Waals surface area contributed by atoms with Gasteiger partial charge in [-0.2, -0.15) is 0 Å². The number of rotatable bonds is 5. The van der Waals surface area contributed by atoms with Crippen LogP contribution in [0.2, 0.25) is 0 Å². The van der Waals surface area contributed by atoms with E-state index < -0.39 is 10.0 Å². The Bertz CT molecular complexity index is 820. The van der Waals surface area contributed by atoms with Gasteiger partial charge in [0, 0.05) is 30.7 Å². The highest BCUT2D eigenvalue weighted by Gasteiger charge is 2.20. The minimum atomic E-state index is -3.55. The Morgan fingerprint density at radius 1 is 1.13 bits per heavy atom. The molecule has 1 amide bonds. The summed E-state index contributed by atoms with van der Waals surface area (Å²) in [6, 6.07) is 13.6. The average molecular weight is 397 g/mol. The molecule has 0 aliphatic heterocycles. The summed E-state index contributed by atoms with van der Waals surface area (Å²) in [5.41, 5.74) is 1.05. The van der Waals surface area contributed by atoms with Gasteiger partial charge < -0.3 is 5.32 Å². The zero-order valence-corrected chi connectivity index (χ0v) is 15.2. The molecular weight excluding hydrogens is 380 g/mol. The van der Waals surface area contributed by atoms with Gasteiger partial charge in [-0.25, -0.2) is 12.7 Å². The maximum Gasteiger partial charge on any atom is 0.251 e. The van der Waals surface area contributed by atoms with E-state index in [0.29, 0.717) is 11.1 Å². The van der Waals surface area contributed by atoms with Gasteiger partial charge in [0.1, 0.15) is 0 Å². The summed E-state index contributed by atoms with van der Waals surface area (Å²) >= 11 is 3.32. The van der Waals surface area contributed by atoms with Crippen LogP contribution in [0, 0.1) is 0 Å². The van der Waals surface area contributed by atoms with Gasteiger partial charge in [0.25, 0.3) is 5.91 Å². The molecule has 0 aliphatic carbocycles. The number of sulfonamides is 1. The highest BCUT2D eigenvalue weighted by atomic mass is 79.9. The van der Waals surface area contributed by atoms with Crippen LogP contribution in [-0.4, -0.2) is 32.7 Å². The van der Waals surface area contributed by atoms with Crippen molar-refractivity contribution < 1.29 is 13.2 Å². The fourth-order valence-corrected chi connectivity index (χ4v) is 3.52. The number of benzene rings is 2. The Kier molecular flexibility index (Phi) is 5.56. The van der Waals surface area contributed by atoms with Crippen LogP contribution in [0.1, 0.15) is 15.9 Å². The first-order chi connectivity index (χ1) is 10.8. The zero-order chi connectivity index (χ0) is 17.0. The van der Waals surface area contributed by atoms with E-state index in [1.807, 2.05) is 6.07 Å². The Morgan fingerprint density at radius 3 is 2.48 bits per heavy atom. The molecule has 0 saturated carbocycles. The lowest BCUT2D eigenvalue weighted by atomic mass is 10.2. The number of nitrogens with zero attached hydrogens (tertiary/aromatic N) is 1. The fraction of sp³-hybridized carbons (Fsp3) is 0.188. The first-order valence-corrected chi connectivity index (χ1v) is 9.10. The lowest BCUT2D eigenvalue weighted by Gasteiger charge is -2.15. The van der Waals surface area contributed by atoms with Gasteiger partial charge in [-0.1, -0.05) is 40.2 Å². The minimum Gasteiger partial charge on any atom is -0.348 e. The van der Waals surface area contributed by atoms with E-state index in [4.69, 9.17) is 0 Å². The van der Waals surface area contributed by atoms with Gasteiger partial charge in [-0.15, -0.1) is 0 Å². The molecule has 0 bridgehead atoms. The Hall–Kier alpha value is -1.70. The van der Waals surface area contributed by atoms with Crippen LogP contribution in [0.15, 0.2) is 57.9 Å². The molecule has 23 heavy (non-hydrogen) atoms. The fourth-order valence-electron chi connectivity index (χ4n) is 2.01. The van der Waals surface area contributed by atoms with Crippen molar-refractivity contribution in [2.45, 2.75) is 11.4 Å². The van der Waals surface area contributed by atoms with E-state index in [1.54, 1.807) is 36.4 Å². The van der Waals surface area contributed by atoms with Gasteiger partial charge >= 0.3 is 0 Å². The second-order valence-corrected chi connectivity index (χ2v) is 8.12. The molecule has 0 radical (unpaired) electrons. The maximum atomic E-state index is 12.3. The molecule has 0 aromatic heterocycles. The van der Waals surface area contributed by atoms with Gasteiger partial charge in [0.2, 0.25) is 10.0 Å². The van der Waals surface area contributed by atoms with Gasteiger partial charge in [-0.05, 0) is 29.8 Å². The topological polar surface area (TPSA) is 66.5 Å². The summed E-state index contributed by atoms with van der Waals surface area (Å²) in [6.45, 7) is 0.134. The SMILES string of the molecule is CN(C)S(=O)(=O)c1ccccc1CNC(=O)c1cccc(Br)c1. The van der Waals surface area contributed by atoms with E-state index in [1.165, 1.54) is 20.2 Å². The van der Waals surface area contributed by atoms with Gasteiger partial charge in [0.05, 0.1) is 4.90 Å². The van der Waals surface area contributed by atoms with Crippen molar-refractivity contribution in [3.8, 4) is 0 Å². The molecule has 0 saturated heterocycles. The standard InChI is InChI=1S/C16H17BrN2O3S/c1-19(2)23(21,22)15-9-4-3-6-13(15)11-18-16(20)12-7-5-8-14(17)10-12/h3-10H,11H2,1-2H3,(H,18,20). The number of carbonyl (C=O) groups excluding carboxylic acids is 1. The first-order valence-electron chi connectivity index (χ1n) is 6.86. The lowest BCUT2D eigenvalue weighted by Crippen LogP contribution is -2.27. The van der Waals surface area contributed by atoms with Crippen molar-refractivity contribution in [3.05, 3.63) is 64.1 Å². The first kappa shape index (κ1) is 17.7. The number of amides is 1. The van der Waals surface area contributed by atoms with Crippen LogP contribution in [0.5, 0.6) is 0 Å². The van der Waals surface area contributed by atoms with E-state index >= 15 is 0 Å². The van der Waals surface area contributed by atoms with Crippen LogP contribution in [0.3, 0.4) is 0 Å². The highest BCUT2D eigenvalue weighted by Crippen LogP contribution is 2.18. The summed E-state index contributed by atoms with van der Waals surface area (Å²) in [7, 11) is -0.596. The molecule has 2 aromatic carbocycles. The molecular formula is C16H17BrN2O3S. The number of hydrogen-bond donors (Lipinski definition) is 1. The van der Waals surface area contributed by atoms with E-state index in [2.05, 4.69) is 21.2 Å². The predicted octanol–water partition coefficient (Wildman–Crippen LogP) is 2.63. The van der Waals surface area contributed by atoms with Crippen molar-refractivity contribution in [1.82, 2.24) is 9.62 Å². The maximum absolute atomic E-state index is 12.3. The molecule has 1 N–H and O–H groups in total. The Morgan fingerprint density at radius 2 is 1.83 bits per heavy atom. The van der Waals surface area contributed by atoms with Crippen molar-refractivity contribution in [2.75, 3.05) is 14.1 Å². The van der Waals surface area contributed by atoms with Crippen LogP contribution >= 0.6 is 15.9 Å². The van der Waals surface area contributed by atoms with Crippen LogP contribution in [0.25, 0.3) is 0 Å². The predicted molar refractivity (Wildman–Crippen MR) is 92.6 cm³/mol. The Balaban J connectivity index is 2.20. The normalized spacial score (nSPS) is 11.5. The molecule has 122 valence electrons. The van der Waals surface area contributed by atoms with Crippen LogP contribution in [-0.2, 0) is 16.6 Å². The van der Waals surface area contributed by atoms with Crippen molar-refractivity contribution in [3.63, 3.8) is 0 Å². The third-order valence-corrected chi connectivity index (χ3v) is 5.67. The molecule has 2 rings (SSSR count). The summed E-state index contributed by atoms with van der Waals surface area (Å²) in [4.78, 5) is 12.4. The molecule has 0 atom stereocenters. The second kappa shape index (κ2) is 7.25. The number of halogens is 1. The minimum absolute atomic E-state index is 0.134. The van der Waals surface area contributed by atoms with Crippen LogP contribution < -0.4 is 5.32 Å². The third kappa shape index (κ3) is 4.19. The lowest BCUT2D eigenvalue weighted by molar-refractivity contribution is 0.0950. The number of nitrogens with one attached hydrogen (secondary N) is 1. The smallest absolute Gasteiger partial charge is 0.251 e. The number of hydrogen-bond acceptors (Lipinski definition) is 3. The molecule has 0 fully saturated rings. The van der Waals surface area contributed by atoms with Gasteiger partial charge in [-0.3, -0.25) is 4.79 Å². The summed E-state index contributed by atoms with van der Waals surface area (Å²) in [5, 5.41) is 2.75. The Labute approximate surface area is 144 Å². The largest absolute Gasteiger partial charge is 0.348 e. The van der Waals surface area contributed by atoms with Gasteiger partial charge in [0.15, 0.2) is 0 Å². The van der Waals surface area contributed by atoms with Crippen LogP contribution in [0.4, 0.5) is 0 Å². The second-order valence-electron chi connectivity index (χ2n) is 5.09. The van der Waals surface area contributed by atoms with E-state index in [9.17, 15) is 13.2 Å². The molecule has 0 aliphatic rings. The van der Waals surface area contributed by atoms with Crippen molar-refractivity contribution >= 4 is 31.9 Å². The average Bonchev–Trinajstić information content (AvgIpc) is 2.52. The molecule has 0 heterocycles. The molecule has 5 nitrogen and oxygen atoms in total. The monoisotopic (exact) mass is 396 g/mol. The number of carbonyl (C=O) groups is 1. The molecule has 0 unspecified atom stereocenters. The molecule has 7 heteroatoms. The summed E-state index contributed by atoms with van der Waals surface area (Å²) in [6.07, 6.45) is 0. The molecule has 2 aromatic rings. The third-order valence-electron chi connectivity index (χ3n) is 3.26. The molecule has 0 spiro atoms. The zero-order valence-electron chi connectivity index (χ0n) is 12.8. The summed E-state index contributed by atoms with van der Waals surface area (Å²) < 4.78 is 26.6. The van der Waals surface area contributed by atoms with Crippen molar-refractivity contribution in [1.29, 1.82) is 0 Å².